The van der Waals surface area contributed by atoms with Crippen LogP contribution in [0.5, 0.6) is 0 Å². The van der Waals surface area contributed by atoms with Gasteiger partial charge in [0.2, 0.25) is 0 Å². The molecule has 0 aliphatic rings. The van der Waals surface area contributed by atoms with Crippen molar-refractivity contribution in [1.29, 1.82) is 0 Å². The average molecular weight is 257 g/mol. The van der Waals surface area contributed by atoms with Gasteiger partial charge in [-0.15, -0.1) is 0 Å². The molecule has 0 saturated carbocycles. The van der Waals surface area contributed by atoms with E-state index in [0.29, 0.717) is 6.04 Å². The van der Waals surface area contributed by atoms with Crippen molar-refractivity contribution in [2.24, 2.45) is 7.05 Å². The minimum atomic E-state index is 0.439. The molecule has 0 spiro atoms. The van der Waals surface area contributed by atoms with Crippen molar-refractivity contribution in [3.8, 4) is 11.1 Å². The van der Waals surface area contributed by atoms with Crippen molar-refractivity contribution in [2.45, 2.75) is 26.3 Å². The van der Waals surface area contributed by atoms with Crippen LogP contribution in [-0.4, -0.2) is 28.8 Å². The fourth-order valence-corrected chi connectivity index (χ4v) is 2.28. The zero-order valence-corrected chi connectivity index (χ0v) is 12.5. The van der Waals surface area contributed by atoms with E-state index in [1.165, 1.54) is 16.7 Å². The average Bonchev–Trinajstić information content (AvgIpc) is 2.79. The standard InChI is InChI=1S/C16H23N3/c1-6-16-15(11-19(5)17-16)14-9-7-13(8-10-14)12(2)18(3)4/h7-12H,6H2,1-5H3. The van der Waals surface area contributed by atoms with Crippen LogP contribution in [0, 0.1) is 0 Å². The van der Waals surface area contributed by atoms with Gasteiger partial charge in [-0.05, 0) is 38.6 Å². The number of aromatic nitrogens is 2. The Labute approximate surface area is 115 Å². The molecule has 0 bridgehead atoms. The quantitative estimate of drug-likeness (QED) is 0.838. The summed E-state index contributed by atoms with van der Waals surface area (Å²) in [5.74, 6) is 0. The number of hydrogen-bond acceptors (Lipinski definition) is 2. The van der Waals surface area contributed by atoms with Crippen LogP contribution in [0.4, 0.5) is 0 Å². The third-order valence-corrected chi connectivity index (χ3v) is 3.72. The van der Waals surface area contributed by atoms with Gasteiger partial charge in [0, 0.05) is 24.8 Å². The molecule has 2 rings (SSSR count). The summed E-state index contributed by atoms with van der Waals surface area (Å²) in [4.78, 5) is 2.22. The molecule has 0 fully saturated rings. The van der Waals surface area contributed by atoms with Crippen LogP contribution in [0.2, 0.25) is 0 Å². The molecule has 0 radical (unpaired) electrons. The molecule has 1 aromatic heterocycles. The molecular weight excluding hydrogens is 234 g/mol. The maximum absolute atomic E-state index is 4.50. The molecule has 102 valence electrons. The van der Waals surface area contributed by atoms with Crippen molar-refractivity contribution < 1.29 is 0 Å². The number of aryl methyl sites for hydroxylation is 2. The van der Waals surface area contributed by atoms with Crippen molar-refractivity contribution in [3.63, 3.8) is 0 Å². The summed E-state index contributed by atoms with van der Waals surface area (Å²) in [6.07, 6.45) is 3.06. The Morgan fingerprint density at radius 3 is 2.37 bits per heavy atom. The predicted octanol–water partition coefficient (Wildman–Crippen LogP) is 3.27. The molecule has 1 heterocycles. The van der Waals surface area contributed by atoms with Crippen LogP contribution in [-0.2, 0) is 13.5 Å². The second-order valence-corrected chi connectivity index (χ2v) is 5.28. The van der Waals surface area contributed by atoms with E-state index in [0.717, 1.165) is 12.1 Å². The van der Waals surface area contributed by atoms with Crippen molar-refractivity contribution in [1.82, 2.24) is 14.7 Å². The Bertz CT molecular complexity index is 538. The Kier molecular flexibility index (Phi) is 4.05. The maximum Gasteiger partial charge on any atom is 0.0700 e. The summed E-state index contributed by atoms with van der Waals surface area (Å²) < 4.78 is 1.89. The van der Waals surface area contributed by atoms with E-state index >= 15 is 0 Å². The van der Waals surface area contributed by atoms with Gasteiger partial charge in [0.15, 0.2) is 0 Å². The lowest BCUT2D eigenvalue weighted by atomic mass is 10.0. The molecule has 1 unspecified atom stereocenters. The molecule has 0 saturated heterocycles. The highest BCUT2D eigenvalue weighted by molar-refractivity contribution is 5.65. The highest BCUT2D eigenvalue weighted by Gasteiger charge is 2.10. The largest absolute Gasteiger partial charge is 0.303 e. The highest BCUT2D eigenvalue weighted by Crippen LogP contribution is 2.26. The summed E-state index contributed by atoms with van der Waals surface area (Å²) in [7, 11) is 6.19. The first-order valence-electron chi connectivity index (χ1n) is 6.82. The summed E-state index contributed by atoms with van der Waals surface area (Å²) >= 11 is 0. The first-order chi connectivity index (χ1) is 9.02. The van der Waals surface area contributed by atoms with Gasteiger partial charge < -0.3 is 4.90 Å². The van der Waals surface area contributed by atoms with Crippen LogP contribution in [0.25, 0.3) is 11.1 Å². The smallest absolute Gasteiger partial charge is 0.0700 e. The summed E-state index contributed by atoms with van der Waals surface area (Å²) in [5, 5.41) is 4.50. The number of rotatable bonds is 4. The summed E-state index contributed by atoms with van der Waals surface area (Å²) in [6, 6.07) is 9.27. The zero-order chi connectivity index (χ0) is 14.0. The van der Waals surface area contributed by atoms with Crippen LogP contribution in [0.1, 0.15) is 31.1 Å². The third-order valence-electron chi connectivity index (χ3n) is 3.72. The Balaban J connectivity index is 2.32. The lowest BCUT2D eigenvalue weighted by molar-refractivity contribution is 0.321. The van der Waals surface area contributed by atoms with Crippen LogP contribution >= 0.6 is 0 Å². The number of benzene rings is 1. The highest BCUT2D eigenvalue weighted by atomic mass is 15.2. The molecule has 3 heteroatoms. The molecule has 2 aromatic rings. The van der Waals surface area contributed by atoms with Gasteiger partial charge in [0.25, 0.3) is 0 Å². The van der Waals surface area contributed by atoms with Gasteiger partial charge in [-0.25, -0.2) is 0 Å². The van der Waals surface area contributed by atoms with E-state index in [2.05, 4.69) is 68.4 Å². The molecule has 0 aliphatic heterocycles. The summed E-state index contributed by atoms with van der Waals surface area (Å²) in [5.41, 5.74) is 5.00. The monoisotopic (exact) mass is 257 g/mol. The summed E-state index contributed by atoms with van der Waals surface area (Å²) in [6.45, 7) is 4.37. The molecule has 1 atom stereocenters. The van der Waals surface area contributed by atoms with Gasteiger partial charge in [-0.3, -0.25) is 4.68 Å². The Hall–Kier alpha value is -1.61. The Morgan fingerprint density at radius 1 is 1.21 bits per heavy atom. The lowest BCUT2D eigenvalue weighted by Gasteiger charge is -2.20. The van der Waals surface area contributed by atoms with Crippen molar-refractivity contribution in [3.05, 3.63) is 41.7 Å². The van der Waals surface area contributed by atoms with E-state index in [4.69, 9.17) is 0 Å². The fraction of sp³-hybridized carbons (Fsp3) is 0.438. The van der Waals surface area contributed by atoms with Gasteiger partial charge in [0.05, 0.1) is 5.69 Å². The third kappa shape index (κ3) is 2.87. The Morgan fingerprint density at radius 2 is 1.84 bits per heavy atom. The normalized spacial score (nSPS) is 12.9. The molecule has 3 nitrogen and oxygen atoms in total. The maximum atomic E-state index is 4.50. The first-order valence-corrected chi connectivity index (χ1v) is 6.82. The van der Waals surface area contributed by atoms with Gasteiger partial charge >= 0.3 is 0 Å². The van der Waals surface area contributed by atoms with E-state index in [-0.39, 0.29) is 0 Å². The van der Waals surface area contributed by atoms with Gasteiger partial charge in [0.1, 0.15) is 0 Å². The van der Waals surface area contributed by atoms with Crippen molar-refractivity contribution >= 4 is 0 Å². The topological polar surface area (TPSA) is 21.1 Å². The predicted molar refractivity (Wildman–Crippen MR) is 80.1 cm³/mol. The number of nitrogens with zero attached hydrogens (tertiary/aromatic N) is 3. The van der Waals surface area contributed by atoms with Gasteiger partial charge in [-0.1, -0.05) is 31.2 Å². The SMILES string of the molecule is CCc1nn(C)cc1-c1ccc(C(C)N(C)C)cc1. The minimum absolute atomic E-state index is 0.439. The molecule has 19 heavy (non-hydrogen) atoms. The van der Waals surface area contributed by atoms with E-state index in [1.807, 2.05) is 11.7 Å². The van der Waals surface area contributed by atoms with Gasteiger partial charge in [-0.2, -0.15) is 5.10 Å². The van der Waals surface area contributed by atoms with E-state index in [9.17, 15) is 0 Å². The second kappa shape index (κ2) is 5.57. The van der Waals surface area contributed by atoms with Crippen LogP contribution in [0.3, 0.4) is 0 Å². The molecule has 0 amide bonds. The van der Waals surface area contributed by atoms with Crippen LogP contribution < -0.4 is 0 Å². The first kappa shape index (κ1) is 13.8. The number of hydrogen-bond donors (Lipinski definition) is 0. The van der Waals surface area contributed by atoms with E-state index in [1.54, 1.807) is 0 Å². The van der Waals surface area contributed by atoms with E-state index < -0.39 is 0 Å². The molecule has 1 aromatic carbocycles. The zero-order valence-electron chi connectivity index (χ0n) is 12.5. The van der Waals surface area contributed by atoms with Crippen molar-refractivity contribution in [2.75, 3.05) is 14.1 Å². The molecule has 0 aliphatic carbocycles. The molecular formula is C16H23N3. The molecule has 0 N–H and O–H groups in total. The fourth-order valence-electron chi connectivity index (χ4n) is 2.28. The minimum Gasteiger partial charge on any atom is -0.303 e. The van der Waals surface area contributed by atoms with Crippen LogP contribution in [0.15, 0.2) is 30.5 Å². The lowest BCUT2D eigenvalue weighted by Crippen LogP contribution is -2.16. The second-order valence-electron chi connectivity index (χ2n) is 5.28.